The van der Waals surface area contributed by atoms with Crippen molar-refractivity contribution >= 4 is 372 Å². The second-order valence-electron chi connectivity index (χ2n) is 16.4. The summed E-state index contributed by atoms with van der Waals surface area (Å²) in [7, 11) is 0. The molecule has 82 heavy (non-hydrogen) atoms. The highest BCUT2D eigenvalue weighted by Crippen LogP contribution is 2.31. The molecule has 0 aromatic rings. The van der Waals surface area contributed by atoms with Crippen LogP contribution in [0.2, 0.25) is 0 Å². The number of aliphatic hydroxyl groups excluding tert-OH is 5. The van der Waals surface area contributed by atoms with Crippen LogP contribution < -0.4 is 0 Å². The zero-order chi connectivity index (χ0) is 64.7. The van der Waals surface area contributed by atoms with Gasteiger partial charge < -0.3 is 25.5 Å². The normalized spacial score (nSPS) is 15.1. The summed E-state index contributed by atoms with van der Waals surface area (Å²) in [5.74, 6) is 30.4. The first kappa shape index (κ1) is 108. The third-order valence-corrected chi connectivity index (χ3v) is 33.2. The Balaban J connectivity index is -0.000000129. The molecule has 1 rings (SSSR count). The van der Waals surface area contributed by atoms with E-state index in [0.717, 1.165) is 143 Å². The van der Waals surface area contributed by atoms with E-state index in [-0.39, 0.29) is 35.4 Å². The van der Waals surface area contributed by atoms with E-state index in [9.17, 15) is 5.11 Å². The Morgan fingerprint density at radius 3 is 0.963 bits per heavy atom. The lowest BCUT2D eigenvalue weighted by atomic mass is 9.92. The highest BCUT2D eigenvalue weighted by molar-refractivity contribution is 8.08. The maximum atomic E-state index is 9.30. The van der Waals surface area contributed by atoms with Crippen molar-refractivity contribution in [1.29, 1.82) is 0 Å². The van der Waals surface area contributed by atoms with E-state index in [0.29, 0.717) is 45.4 Å². The second kappa shape index (κ2) is 91.3. The molecule has 1 saturated heterocycles. The summed E-state index contributed by atoms with van der Waals surface area (Å²) in [6.07, 6.45) is 0.133. The number of hydrogen-bond donors (Lipinski definition) is 27. The Hall–Kier alpha value is 10.3. The van der Waals surface area contributed by atoms with Gasteiger partial charge in [0.25, 0.3) is 0 Å². The fourth-order valence-electron chi connectivity index (χ4n) is 3.56. The maximum Gasteiger partial charge on any atom is 0.0858 e. The summed E-state index contributed by atoms with van der Waals surface area (Å²) in [6, 6.07) is 0. The van der Waals surface area contributed by atoms with Crippen LogP contribution in [0, 0.1) is 10.8 Å². The first-order chi connectivity index (χ1) is 39.3. The van der Waals surface area contributed by atoms with Gasteiger partial charge in [0, 0.05) is 158 Å². The van der Waals surface area contributed by atoms with Crippen molar-refractivity contribution in [3.8, 4) is 0 Å². The van der Waals surface area contributed by atoms with Gasteiger partial charge in [-0.1, -0.05) is 6.92 Å². The molecule has 508 valence electrons. The van der Waals surface area contributed by atoms with Crippen molar-refractivity contribution in [2.75, 3.05) is 204 Å². The van der Waals surface area contributed by atoms with Crippen molar-refractivity contribution < 1.29 is 25.5 Å². The third-order valence-electron chi connectivity index (χ3n) is 9.35. The maximum absolute atomic E-state index is 9.30. The summed E-state index contributed by atoms with van der Waals surface area (Å²) in [6.45, 7) is 2.39. The molecule has 0 radical (unpaired) electrons. The van der Waals surface area contributed by atoms with Gasteiger partial charge in [0.2, 0.25) is 0 Å². The van der Waals surface area contributed by atoms with E-state index >= 15 is 0 Å². The second-order valence-corrected chi connectivity index (χ2v) is 35.4. The zero-order valence-corrected chi connectivity index (χ0v) is 73.6. The quantitative estimate of drug-likeness (QED) is 0.0212. The molecule has 1 aliphatic rings. The predicted molar refractivity (Wildman–Crippen MR) is 485 cm³/mol. The number of rotatable bonds is 40. The van der Waals surface area contributed by atoms with Gasteiger partial charge in [0.05, 0.1) is 32.0 Å². The van der Waals surface area contributed by atoms with Crippen LogP contribution in [-0.4, -0.2) is 273 Å². The molecule has 0 saturated carbocycles. The highest BCUT2D eigenvalue weighted by Gasteiger charge is 2.24. The number of thioether (sulfide) groups is 8. The van der Waals surface area contributed by atoms with E-state index in [1.54, 1.807) is 0 Å². The first-order valence-electron chi connectivity index (χ1n) is 25.8. The lowest BCUT2D eigenvalue weighted by Gasteiger charge is -2.26. The van der Waals surface area contributed by atoms with E-state index in [1.165, 1.54) is 34.5 Å². The molecule has 1 aliphatic heterocycles. The topological polar surface area (TPSA) is 101 Å². The molecule has 6 atom stereocenters. The van der Waals surface area contributed by atoms with Gasteiger partial charge >= 0.3 is 0 Å². The smallest absolute Gasteiger partial charge is 0.0858 e. The van der Waals surface area contributed by atoms with Crippen molar-refractivity contribution in [1.82, 2.24) is 0 Å². The number of hydrogen-bond acceptors (Lipinski definition) is 35. The van der Waals surface area contributed by atoms with Crippen LogP contribution in [0.1, 0.15) is 13.3 Å². The minimum atomic E-state index is -0.645. The average Bonchev–Trinajstić information content (AvgIpc) is 3.54. The summed E-state index contributed by atoms with van der Waals surface area (Å²) < 4.78 is 0. The largest absolute Gasteiger partial charge is 0.395 e. The fraction of sp³-hybridized carbons (Fsp3) is 1.00. The predicted octanol–water partition coefficient (Wildman–Crippen LogP) is 12.5. The van der Waals surface area contributed by atoms with Crippen molar-refractivity contribution in [2.24, 2.45) is 10.8 Å². The molecule has 0 spiro atoms. The first-order valence-corrected chi connectivity index (χ1v) is 48.3. The van der Waals surface area contributed by atoms with E-state index in [4.69, 9.17) is 20.4 Å². The molecular formula is C47H110O5S30. The minimum Gasteiger partial charge on any atom is -0.395 e. The fourth-order valence-corrected chi connectivity index (χ4v) is 21.0. The lowest BCUT2D eigenvalue weighted by molar-refractivity contribution is 0.114. The third kappa shape index (κ3) is 84.5. The molecule has 1 fully saturated rings. The Kier molecular flexibility index (Phi) is 121. The van der Waals surface area contributed by atoms with Gasteiger partial charge in [-0.3, -0.25) is 0 Å². The monoisotopic (exact) mass is 1710 g/mol. The van der Waals surface area contributed by atoms with Gasteiger partial charge in [-0.25, -0.2) is 0 Å². The van der Waals surface area contributed by atoms with Crippen LogP contribution in [0.5, 0.6) is 0 Å². The molecule has 5 nitrogen and oxygen atoms in total. The Labute approximate surface area is 659 Å². The molecule has 0 amide bonds. The van der Waals surface area contributed by atoms with E-state index in [2.05, 4.69) is 285 Å². The molecule has 1 heterocycles. The molecule has 0 bridgehead atoms. The van der Waals surface area contributed by atoms with Crippen LogP contribution in [0.15, 0.2) is 0 Å². The molecule has 0 aliphatic carbocycles. The molecular weight excluding hydrogens is 1610 g/mol. The molecule has 0 aromatic carbocycles. The number of thiol groups is 22. The van der Waals surface area contributed by atoms with Crippen molar-refractivity contribution in [3.05, 3.63) is 0 Å². The Morgan fingerprint density at radius 2 is 0.744 bits per heavy atom. The minimum absolute atomic E-state index is 0.0494. The number of aliphatic hydroxyl groups is 5. The summed E-state index contributed by atoms with van der Waals surface area (Å²) in [5, 5.41) is 45.5. The summed E-state index contributed by atoms with van der Waals surface area (Å²) >= 11 is 106. The van der Waals surface area contributed by atoms with Crippen LogP contribution in [0.25, 0.3) is 0 Å². The molecule has 0 aromatic heterocycles. The molecule has 35 heteroatoms. The SMILES string of the molecule is CCC(CS)(CS)CS.OC(CS)CS.OCC(CSCCSCCS)SCCSCCS.OCC(O)CS.OCC(S)CS.SCC(CS)(CS)CS.SCC(S)CS.SCC1CSC(CS)CS1.SCCSCC(CS)SCCS. The molecule has 6 unspecified atom stereocenters. The van der Waals surface area contributed by atoms with Crippen LogP contribution >= 0.6 is 372 Å². The molecule has 5 N–H and O–H groups in total. The van der Waals surface area contributed by atoms with Gasteiger partial charge in [-0.05, 0) is 75.1 Å². The van der Waals surface area contributed by atoms with Crippen molar-refractivity contribution in [3.63, 3.8) is 0 Å². The van der Waals surface area contributed by atoms with Crippen LogP contribution in [0.3, 0.4) is 0 Å². The Morgan fingerprint density at radius 1 is 0.390 bits per heavy atom. The lowest BCUT2D eigenvalue weighted by Crippen LogP contribution is -2.29. The van der Waals surface area contributed by atoms with Gasteiger partial charge in [-0.2, -0.15) is 372 Å². The standard InChI is InChI=1S/C11H24OS6.C7H16S5.C6H12S4.C6H14S3.C5H12S4.C3H8O2S.2C3H8OS2.C3H8S3/c12-9-11(18-8-7-16-4-2-14)10-17-6-5-15-3-1-13;8-1-3-11-6-7(5-10)12-4-2-9;7-1-5-3-10-6(2-8)4-9-5;1-2-6(3-7,4-8)5-9;6-1-5(2-7,3-8)4-9;4-1-3(5)2-6;4-3(1-5)2-6;2*4-1-3(6)2-5/h11-14H,1-10H2;7-10H,1-6H2;5-8H,1-4H2;7-9H,2-5H2,1H3;6-9H,1-4H2;4*3-6H,1-2H2. The average molecular weight is 1720 g/mol. The Bertz CT molecular complexity index is 970. The summed E-state index contributed by atoms with van der Waals surface area (Å²) in [5.41, 5.74) is 0.383. The summed E-state index contributed by atoms with van der Waals surface area (Å²) in [4.78, 5) is 0. The van der Waals surface area contributed by atoms with Gasteiger partial charge in [-0.15, -0.1) is 0 Å². The van der Waals surface area contributed by atoms with E-state index in [1.807, 2.05) is 94.1 Å². The zero-order valence-electron chi connectivity index (χ0n) is 47.4. The van der Waals surface area contributed by atoms with Crippen LogP contribution in [-0.2, 0) is 0 Å². The van der Waals surface area contributed by atoms with Gasteiger partial charge in [0.1, 0.15) is 0 Å². The highest BCUT2D eigenvalue weighted by atomic mass is 32.2. The van der Waals surface area contributed by atoms with Gasteiger partial charge in [0.15, 0.2) is 0 Å². The van der Waals surface area contributed by atoms with E-state index < -0.39 is 6.10 Å². The van der Waals surface area contributed by atoms with Crippen LogP contribution in [0.4, 0.5) is 0 Å². The van der Waals surface area contributed by atoms with Crippen molar-refractivity contribution in [2.45, 2.75) is 57.1 Å².